The molecular formula is C45H29N3. The zero-order chi connectivity index (χ0) is 40.6. The molecular weight excluding hydrogens is 583 g/mol. The van der Waals surface area contributed by atoms with Gasteiger partial charge in [0.25, 0.3) is 0 Å². The van der Waals surface area contributed by atoms with E-state index < -0.39 is 60.4 Å². The van der Waals surface area contributed by atoms with Crippen molar-refractivity contribution < 1.29 is 13.7 Å². The molecule has 0 N–H and O–H groups in total. The molecule has 0 bridgehead atoms. The van der Waals surface area contributed by atoms with Crippen molar-refractivity contribution in [1.29, 1.82) is 0 Å². The number of hydrogen-bond donors (Lipinski definition) is 0. The van der Waals surface area contributed by atoms with Crippen LogP contribution in [0.3, 0.4) is 0 Å². The molecule has 1 aromatic heterocycles. The second-order valence-corrected chi connectivity index (χ2v) is 11.2. The van der Waals surface area contributed by atoms with Gasteiger partial charge in [0.05, 0.1) is 13.7 Å². The number of aromatic nitrogens is 3. The van der Waals surface area contributed by atoms with Crippen LogP contribution in [0.4, 0.5) is 0 Å². The Hall–Kier alpha value is -6.45. The smallest absolute Gasteiger partial charge is 0.164 e. The molecule has 1 heterocycles. The molecule has 8 aromatic carbocycles. The summed E-state index contributed by atoms with van der Waals surface area (Å²) in [6.07, 6.45) is 0. The van der Waals surface area contributed by atoms with Gasteiger partial charge in [-0.2, -0.15) is 0 Å². The molecule has 0 radical (unpaired) electrons. The monoisotopic (exact) mass is 621 g/mol. The summed E-state index contributed by atoms with van der Waals surface area (Å²) < 4.78 is 84.6. The molecule has 0 fully saturated rings. The molecule has 0 aliphatic carbocycles. The molecule has 3 heteroatoms. The molecule has 3 nitrogen and oxygen atoms in total. The maximum atomic E-state index is 8.73. The van der Waals surface area contributed by atoms with E-state index in [0.29, 0.717) is 10.9 Å². The topological polar surface area (TPSA) is 38.7 Å². The summed E-state index contributed by atoms with van der Waals surface area (Å²) in [5, 5.41) is 5.82. The molecule has 0 spiro atoms. The van der Waals surface area contributed by atoms with E-state index in [2.05, 4.69) is 41.4 Å². The third-order valence-corrected chi connectivity index (χ3v) is 8.51. The molecule has 224 valence electrons. The Morgan fingerprint density at radius 3 is 1.23 bits per heavy atom. The molecule has 0 saturated carbocycles. The summed E-state index contributed by atoms with van der Waals surface area (Å²) >= 11 is 0. The van der Waals surface area contributed by atoms with Gasteiger partial charge in [-0.25, -0.2) is 15.0 Å². The van der Waals surface area contributed by atoms with Gasteiger partial charge in [0, 0.05) is 16.7 Å². The fourth-order valence-corrected chi connectivity index (χ4v) is 6.49. The third-order valence-electron chi connectivity index (χ3n) is 8.51. The van der Waals surface area contributed by atoms with Gasteiger partial charge in [-0.15, -0.1) is 0 Å². The van der Waals surface area contributed by atoms with Gasteiger partial charge in [-0.1, -0.05) is 170 Å². The number of nitrogens with zero attached hydrogens (tertiary/aromatic N) is 3. The SMILES string of the molecule is [2H]c1c([2H])c([2H])c(-c2nc(-c3c([2H])c([2H])c([2H])c([2H])c3[2H])nc(-c3ccc(-c4c5ccccc5c(-c5ccccc5)c5ccccc45)c4ccccc34)n2)c([2H])c1[2H]. The average Bonchev–Trinajstić information content (AvgIpc) is 3.25. The van der Waals surface area contributed by atoms with Crippen LogP contribution in [0.2, 0.25) is 0 Å². The van der Waals surface area contributed by atoms with Gasteiger partial charge < -0.3 is 0 Å². The predicted molar refractivity (Wildman–Crippen MR) is 200 cm³/mol. The Morgan fingerprint density at radius 2 is 0.708 bits per heavy atom. The highest BCUT2D eigenvalue weighted by molar-refractivity contribution is 6.24. The first kappa shape index (κ1) is 19.3. The Bertz CT molecular complexity index is 2990. The molecule has 0 amide bonds. The van der Waals surface area contributed by atoms with Crippen LogP contribution >= 0.6 is 0 Å². The minimum absolute atomic E-state index is 0.00974. The Morgan fingerprint density at radius 1 is 0.312 bits per heavy atom. The highest BCUT2D eigenvalue weighted by atomic mass is 15.0. The van der Waals surface area contributed by atoms with Crippen LogP contribution in [0.15, 0.2) is 176 Å². The highest BCUT2D eigenvalue weighted by Gasteiger charge is 2.20. The molecule has 0 aliphatic heterocycles. The zero-order valence-corrected chi connectivity index (χ0v) is 25.3. The van der Waals surface area contributed by atoms with Crippen LogP contribution in [0.25, 0.3) is 88.7 Å². The van der Waals surface area contributed by atoms with Crippen LogP contribution in [-0.2, 0) is 0 Å². The Labute approximate surface area is 292 Å². The maximum Gasteiger partial charge on any atom is 0.164 e. The van der Waals surface area contributed by atoms with Crippen molar-refractivity contribution in [2.75, 3.05) is 0 Å². The lowest BCUT2D eigenvalue weighted by molar-refractivity contribution is 1.08. The van der Waals surface area contributed by atoms with Crippen molar-refractivity contribution >= 4 is 32.3 Å². The van der Waals surface area contributed by atoms with E-state index >= 15 is 0 Å². The van der Waals surface area contributed by atoms with E-state index in [4.69, 9.17) is 23.7 Å². The molecule has 9 aromatic rings. The van der Waals surface area contributed by atoms with Crippen LogP contribution in [0.5, 0.6) is 0 Å². The van der Waals surface area contributed by atoms with E-state index in [0.717, 1.165) is 49.2 Å². The number of benzene rings is 8. The lowest BCUT2D eigenvalue weighted by Gasteiger charge is -2.19. The molecule has 48 heavy (non-hydrogen) atoms. The summed E-state index contributed by atoms with van der Waals surface area (Å²) in [7, 11) is 0. The Balaban J connectivity index is 1.36. The summed E-state index contributed by atoms with van der Waals surface area (Å²) in [6, 6.07) is 32.6. The van der Waals surface area contributed by atoms with E-state index in [1.807, 2.05) is 78.9 Å². The Kier molecular flexibility index (Phi) is 4.71. The predicted octanol–water partition coefficient (Wildman–Crippen LogP) is 11.7. The van der Waals surface area contributed by atoms with Crippen molar-refractivity contribution in [1.82, 2.24) is 15.0 Å². The second-order valence-electron chi connectivity index (χ2n) is 11.2. The van der Waals surface area contributed by atoms with E-state index in [-0.39, 0.29) is 28.6 Å². The van der Waals surface area contributed by atoms with Crippen molar-refractivity contribution in [2.45, 2.75) is 0 Å². The molecule has 9 rings (SSSR count). The van der Waals surface area contributed by atoms with Crippen molar-refractivity contribution in [3.8, 4) is 56.4 Å². The normalized spacial score (nSPS) is 14.2. The number of rotatable bonds is 5. The minimum atomic E-state index is -0.602. The third kappa shape index (κ3) is 4.72. The average molecular weight is 622 g/mol. The number of fused-ring (bicyclic) bond motifs is 3. The molecule has 0 saturated heterocycles. The quantitative estimate of drug-likeness (QED) is 0.179. The van der Waals surface area contributed by atoms with Gasteiger partial charge in [0.1, 0.15) is 0 Å². The van der Waals surface area contributed by atoms with Crippen molar-refractivity contribution in [3.63, 3.8) is 0 Å². The summed E-state index contributed by atoms with van der Waals surface area (Å²) in [5.74, 6) is -0.619. The molecule has 0 aliphatic rings. The van der Waals surface area contributed by atoms with Gasteiger partial charge in [0.2, 0.25) is 0 Å². The fourth-order valence-electron chi connectivity index (χ4n) is 6.49. The van der Waals surface area contributed by atoms with Crippen molar-refractivity contribution in [2.24, 2.45) is 0 Å². The standard InChI is InChI=1S/C45H29N3/c1-4-16-30(17-5-1)41-35-24-12-14-26-37(35)42(38-27-15-13-25-36(38)41)39-28-29-40(34-23-11-10-22-33(34)39)45-47-43(31-18-6-2-7-19-31)46-44(48-45)32-20-8-3-9-21-32/h1-29H/i2D,3D,6D,7D,8D,9D,18D,19D,20D,21D. The van der Waals surface area contributed by atoms with E-state index in [1.54, 1.807) is 0 Å². The van der Waals surface area contributed by atoms with Crippen LogP contribution in [0.1, 0.15) is 13.7 Å². The van der Waals surface area contributed by atoms with E-state index in [9.17, 15) is 0 Å². The maximum absolute atomic E-state index is 8.73. The first-order valence-corrected chi connectivity index (χ1v) is 15.4. The van der Waals surface area contributed by atoms with Crippen LogP contribution < -0.4 is 0 Å². The zero-order valence-electron chi connectivity index (χ0n) is 35.3. The van der Waals surface area contributed by atoms with Crippen LogP contribution in [-0.4, -0.2) is 15.0 Å². The van der Waals surface area contributed by atoms with Crippen LogP contribution in [0, 0.1) is 0 Å². The summed E-state index contributed by atoms with van der Waals surface area (Å²) in [6.45, 7) is 0. The second kappa shape index (κ2) is 11.7. The molecule has 0 unspecified atom stereocenters. The van der Waals surface area contributed by atoms with Gasteiger partial charge >= 0.3 is 0 Å². The lowest BCUT2D eigenvalue weighted by atomic mass is 9.84. The van der Waals surface area contributed by atoms with Gasteiger partial charge in [-0.3, -0.25) is 0 Å². The van der Waals surface area contributed by atoms with Crippen molar-refractivity contribution in [3.05, 3.63) is 176 Å². The first-order chi connectivity index (χ1) is 28.0. The summed E-state index contributed by atoms with van der Waals surface area (Å²) in [4.78, 5) is 13.9. The largest absolute Gasteiger partial charge is 0.208 e. The highest BCUT2D eigenvalue weighted by Crippen LogP contribution is 2.46. The van der Waals surface area contributed by atoms with Gasteiger partial charge in [0.15, 0.2) is 17.5 Å². The lowest BCUT2D eigenvalue weighted by Crippen LogP contribution is -2.00. The minimum Gasteiger partial charge on any atom is -0.208 e. The summed E-state index contributed by atoms with van der Waals surface area (Å²) in [5.41, 5.74) is 4.02. The van der Waals surface area contributed by atoms with E-state index in [1.165, 1.54) is 0 Å². The first-order valence-electron chi connectivity index (χ1n) is 20.4. The molecule has 0 atom stereocenters. The fraction of sp³-hybridized carbons (Fsp3) is 0. The van der Waals surface area contributed by atoms with Gasteiger partial charge in [-0.05, 0) is 60.6 Å². The number of hydrogen-bond acceptors (Lipinski definition) is 3.